The van der Waals surface area contributed by atoms with Gasteiger partial charge in [-0.3, -0.25) is 4.79 Å². The number of ether oxygens (including phenoxy) is 2. The maximum Gasteiger partial charge on any atom is 0.257 e. The van der Waals surface area contributed by atoms with Crippen molar-refractivity contribution in [3.05, 3.63) is 23.8 Å². The third-order valence-corrected chi connectivity index (χ3v) is 3.02. The van der Waals surface area contributed by atoms with Crippen LogP contribution in [0.5, 0.6) is 11.5 Å². The Morgan fingerprint density at radius 3 is 2.60 bits per heavy atom. The van der Waals surface area contributed by atoms with Crippen LogP contribution >= 0.6 is 0 Å². The van der Waals surface area contributed by atoms with Crippen molar-refractivity contribution in [2.45, 2.75) is 13.8 Å². The van der Waals surface area contributed by atoms with Crippen molar-refractivity contribution in [1.82, 2.24) is 4.90 Å². The molecular weight excluding hydrogens is 256 g/mol. The van der Waals surface area contributed by atoms with Gasteiger partial charge in [-0.05, 0) is 26.0 Å². The number of carbonyl (C=O) groups excluding carboxylic acids is 1. The first-order valence-corrected chi connectivity index (χ1v) is 6.48. The van der Waals surface area contributed by atoms with Crippen LogP contribution in [0.25, 0.3) is 0 Å². The second-order valence-electron chi connectivity index (χ2n) is 4.42. The molecule has 108 valence electrons. The van der Waals surface area contributed by atoms with Crippen LogP contribution in [0, 0.1) is 17.2 Å². The quantitative estimate of drug-likeness (QED) is 0.800. The van der Waals surface area contributed by atoms with Crippen molar-refractivity contribution in [2.24, 2.45) is 5.92 Å². The summed E-state index contributed by atoms with van der Waals surface area (Å²) < 4.78 is 10.5. The molecule has 0 saturated carbocycles. The van der Waals surface area contributed by atoms with Crippen LogP contribution in [0.3, 0.4) is 0 Å². The predicted molar refractivity (Wildman–Crippen MR) is 75.9 cm³/mol. The molecule has 1 aromatic carbocycles. The lowest BCUT2D eigenvalue weighted by Crippen LogP contribution is -2.34. The van der Waals surface area contributed by atoms with Gasteiger partial charge >= 0.3 is 0 Å². The number of benzene rings is 1. The summed E-state index contributed by atoms with van der Waals surface area (Å²) in [4.78, 5) is 14.2. The first kappa shape index (κ1) is 15.8. The van der Waals surface area contributed by atoms with Crippen molar-refractivity contribution in [3.8, 4) is 17.6 Å². The molecule has 1 amide bonds. The van der Waals surface area contributed by atoms with Gasteiger partial charge < -0.3 is 14.4 Å². The van der Waals surface area contributed by atoms with Crippen LogP contribution in [-0.2, 0) is 0 Å². The Morgan fingerprint density at radius 2 is 2.10 bits per heavy atom. The molecule has 0 fully saturated rings. The van der Waals surface area contributed by atoms with Gasteiger partial charge in [-0.1, -0.05) is 6.07 Å². The van der Waals surface area contributed by atoms with E-state index < -0.39 is 0 Å². The van der Waals surface area contributed by atoms with E-state index in [0.717, 1.165) is 0 Å². The zero-order chi connectivity index (χ0) is 15.1. The van der Waals surface area contributed by atoms with Gasteiger partial charge in [-0.2, -0.15) is 5.26 Å². The van der Waals surface area contributed by atoms with E-state index in [1.165, 1.54) is 14.2 Å². The minimum atomic E-state index is -0.212. The van der Waals surface area contributed by atoms with E-state index in [1.54, 1.807) is 30.0 Å². The van der Waals surface area contributed by atoms with E-state index in [2.05, 4.69) is 6.07 Å². The highest BCUT2D eigenvalue weighted by Gasteiger charge is 2.22. The average Bonchev–Trinajstić information content (AvgIpc) is 2.50. The summed E-state index contributed by atoms with van der Waals surface area (Å²) in [6, 6.07) is 7.32. The molecule has 0 spiro atoms. The Balaban J connectivity index is 3.10. The molecule has 1 atom stereocenters. The van der Waals surface area contributed by atoms with Crippen molar-refractivity contribution in [1.29, 1.82) is 5.26 Å². The Bertz CT molecular complexity index is 508. The van der Waals surface area contributed by atoms with E-state index in [0.29, 0.717) is 30.2 Å². The fraction of sp³-hybridized carbons (Fsp3) is 0.467. The van der Waals surface area contributed by atoms with Crippen molar-refractivity contribution in [2.75, 3.05) is 27.3 Å². The number of hydrogen-bond donors (Lipinski definition) is 0. The number of amides is 1. The van der Waals surface area contributed by atoms with E-state index in [1.807, 2.05) is 6.92 Å². The van der Waals surface area contributed by atoms with Crippen molar-refractivity contribution < 1.29 is 14.3 Å². The molecule has 0 aliphatic carbocycles. The third kappa shape index (κ3) is 3.41. The largest absolute Gasteiger partial charge is 0.493 e. The molecule has 1 unspecified atom stereocenters. The Kier molecular flexibility index (Phi) is 5.85. The molecule has 0 heterocycles. The van der Waals surface area contributed by atoms with Gasteiger partial charge in [0.25, 0.3) is 5.91 Å². The fourth-order valence-corrected chi connectivity index (χ4v) is 1.95. The molecule has 0 radical (unpaired) electrons. The molecule has 1 rings (SSSR count). The summed E-state index contributed by atoms with van der Waals surface area (Å²) in [6.07, 6.45) is 0. The number of rotatable bonds is 6. The number of methoxy groups -OCH3 is 2. The predicted octanol–water partition coefficient (Wildman–Crippen LogP) is 2.33. The van der Waals surface area contributed by atoms with Crippen LogP contribution in [0.2, 0.25) is 0 Å². The number of carbonyl (C=O) groups is 1. The summed E-state index contributed by atoms with van der Waals surface area (Å²) in [5, 5.41) is 8.88. The van der Waals surface area contributed by atoms with E-state index >= 15 is 0 Å². The van der Waals surface area contributed by atoms with E-state index in [9.17, 15) is 4.79 Å². The highest BCUT2D eigenvalue weighted by molar-refractivity contribution is 5.97. The van der Waals surface area contributed by atoms with Gasteiger partial charge in [0.2, 0.25) is 0 Å². The highest BCUT2D eigenvalue weighted by atomic mass is 16.5. The zero-order valence-corrected chi connectivity index (χ0v) is 12.3. The third-order valence-electron chi connectivity index (χ3n) is 3.02. The summed E-state index contributed by atoms with van der Waals surface area (Å²) >= 11 is 0. The van der Waals surface area contributed by atoms with Crippen LogP contribution in [0.4, 0.5) is 0 Å². The molecule has 0 saturated heterocycles. The monoisotopic (exact) mass is 276 g/mol. The summed E-state index contributed by atoms with van der Waals surface area (Å²) in [6.45, 7) is 4.60. The molecule has 0 aliphatic heterocycles. The Labute approximate surface area is 119 Å². The highest BCUT2D eigenvalue weighted by Crippen LogP contribution is 2.31. The standard InChI is InChI=1S/C15H20N2O3/c1-5-17(10-11(2)9-16)15(18)12-7-6-8-13(19-3)14(12)20-4/h6-8,11H,5,10H2,1-4H3. The molecule has 1 aromatic rings. The topological polar surface area (TPSA) is 62.6 Å². The second kappa shape index (κ2) is 7.39. The summed E-state index contributed by atoms with van der Waals surface area (Å²) in [5.41, 5.74) is 0.443. The van der Waals surface area contributed by atoms with Crippen LogP contribution in [-0.4, -0.2) is 38.1 Å². The molecule has 20 heavy (non-hydrogen) atoms. The van der Waals surface area contributed by atoms with Gasteiger partial charge in [0.1, 0.15) is 0 Å². The van der Waals surface area contributed by atoms with Gasteiger partial charge in [0, 0.05) is 13.1 Å². The summed E-state index contributed by atoms with van der Waals surface area (Å²) in [5.74, 6) is 0.562. The number of para-hydroxylation sites is 1. The van der Waals surface area contributed by atoms with Crippen LogP contribution in [0.1, 0.15) is 24.2 Å². The molecule has 0 bridgehead atoms. The zero-order valence-electron chi connectivity index (χ0n) is 12.3. The van der Waals surface area contributed by atoms with Gasteiger partial charge in [-0.15, -0.1) is 0 Å². The molecule has 5 nitrogen and oxygen atoms in total. The smallest absolute Gasteiger partial charge is 0.257 e. The second-order valence-corrected chi connectivity index (χ2v) is 4.42. The van der Waals surface area contributed by atoms with Crippen LogP contribution < -0.4 is 9.47 Å². The SMILES string of the molecule is CCN(CC(C)C#N)C(=O)c1cccc(OC)c1OC. The Morgan fingerprint density at radius 1 is 1.40 bits per heavy atom. The lowest BCUT2D eigenvalue weighted by atomic mass is 10.1. The molecule has 5 heteroatoms. The first-order chi connectivity index (χ1) is 9.58. The molecular formula is C15H20N2O3. The van der Waals surface area contributed by atoms with Crippen LogP contribution in [0.15, 0.2) is 18.2 Å². The van der Waals surface area contributed by atoms with Gasteiger partial charge in [-0.25, -0.2) is 0 Å². The lowest BCUT2D eigenvalue weighted by Gasteiger charge is -2.23. The lowest BCUT2D eigenvalue weighted by molar-refractivity contribution is 0.0748. The number of hydrogen-bond acceptors (Lipinski definition) is 4. The van der Waals surface area contributed by atoms with Gasteiger partial charge in [0.05, 0.1) is 31.8 Å². The van der Waals surface area contributed by atoms with Crippen molar-refractivity contribution in [3.63, 3.8) is 0 Å². The van der Waals surface area contributed by atoms with Gasteiger partial charge in [0.15, 0.2) is 11.5 Å². The minimum Gasteiger partial charge on any atom is -0.493 e. The maximum atomic E-state index is 12.6. The van der Waals surface area contributed by atoms with E-state index in [4.69, 9.17) is 14.7 Å². The number of nitrogens with zero attached hydrogens (tertiary/aromatic N) is 2. The maximum absolute atomic E-state index is 12.6. The average molecular weight is 276 g/mol. The summed E-state index contributed by atoms with van der Waals surface area (Å²) in [7, 11) is 3.03. The molecule has 0 N–H and O–H groups in total. The number of nitriles is 1. The molecule has 0 aliphatic rings. The minimum absolute atomic E-state index is 0.162. The van der Waals surface area contributed by atoms with E-state index in [-0.39, 0.29) is 11.8 Å². The fourth-order valence-electron chi connectivity index (χ4n) is 1.95. The first-order valence-electron chi connectivity index (χ1n) is 6.48. The molecule has 0 aromatic heterocycles. The Hall–Kier alpha value is -2.22. The van der Waals surface area contributed by atoms with Crippen molar-refractivity contribution >= 4 is 5.91 Å². The normalized spacial score (nSPS) is 11.3.